The first-order valence-electron chi connectivity index (χ1n) is 7.15. The molecule has 1 fully saturated rings. The Morgan fingerprint density at radius 1 is 1.45 bits per heavy atom. The van der Waals surface area contributed by atoms with Crippen molar-refractivity contribution in [1.82, 2.24) is 10.1 Å². The fraction of sp³-hybridized carbons (Fsp3) is 0.375. The van der Waals surface area contributed by atoms with E-state index in [0.29, 0.717) is 18.8 Å². The molecule has 0 aliphatic carbocycles. The maximum absolute atomic E-state index is 12.5. The monoisotopic (exact) mass is 302 g/mol. The smallest absolute Gasteiger partial charge is 0.256 e. The van der Waals surface area contributed by atoms with Gasteiger partial charge in [-0.05, 0) is 5.56 Å². The molecule has 0 spiro atoms. The number of aliphatic hydroxyl groups is 1. The van der Waals surface area contributed by atoms with Crippen LogP contribution in [0.1, 0.15) is 29.0 Å². The fourth-order valence-electron chi connectivity index (χ4n) is 2.61. The Balaban J connectivity index is 1.63. The highest BCUT2D eigenvalue weighted by molar-refractivity contribution is 5.83. The van der Waals surface area contributed by atoms with E-state index < -0.39 is 6.10 Å². The van der Waals surface area contributed by atoms with E-state index >= 15 is 0 Å². The molecule has 1 aromatic heterocycles. The maximum Gasteiger partial charge on any atom is 0.256 e. The molecule has 1 atom stereocenters. The third-order valence-electron chi connectivity index (χ3n) is 3.91. The van der Waals surface area contributed by atoms with Crippen LogP contribution in [0.3, 0.4) is 0 Å². The zero-order valence-corrected chi connectivity index (χ0v) is 12.3. The van der Waals surface area contributed by atoms with Gasteiger partial charge in [0.15, 0.2) is 11.9 Å². The molecular formula is C16H18N2O4. The Hall–Kier alpha value is -2.18. The van der Waals surface area contributed by atoms with E-state index in [2.05, 4.69) is 5.16 Å². The van der Waals surface area contributed by atoms with E-state index in [0.717, 1.165) is 11.3 Å². The minimum atomic E-state index is -0.576. The standard InChI is InChI=1S/C16H18N2O4/c1-21-15(11-5-3-2-4-6-11)16(20)18-8-12(9-18)14-7-13(10-19)22-17-14/h2-7,12,15,19H,8-10H2,1H3. The number of likely N-dealkylation sites (tertiary alicyclic amines) is 1. The normalized spacial score (nSPS) is 16.4. The zero-order chi connectivity index (χ0) is 15.5. The van der Waals surface area contributed by atoms with Crippen molar-refractivity contribution in [3.05, 3.63) is 53.4 Å². The van der Waals surface area contributed by atoms with E-state index in [1.807, 2.05) is 30.3 Å². The SMILES string of the molecule is COC(C(=O)N1CC(c2cc(CO)on2)C1)c1ccccc1. The van der Waals surface area contributed by atoms with Crippen LogP contribution < -0.4 is 0 Å². The number of amides is 1. The summed E-state index contributed by atoms with van der Waals surface area (Å²) in [4.78, 5) is 14.3. The minimum Gasteiger partial charge on any atom is -0.388 e. The van der Waals surface area contributed by atoms with Gasteiger partial charge in [0, 0.05) is 32.2 Å². The van der Waals surface area contributed by atoms with Crippen LogP contribution in [-0.4, -0.2) is 41.3 Å². The Bertz CT molecular complexity index is 635. The zero-order valence-electron chi connectivity index (χ0n) is 12.3. The summed E-state index contributed by atoms with van der Waals surface area (Å²) in [7, 11) is 1.54. The Morgan fingerprint density at radius 2 is 2.18 bits per heavy atom. The fourth-order valence-corrected chi connectivity index (χ4v) is 2.61. The number of hydrogen-bond acceptors (Lipinski definition) is 5. The molecule has 0 radical (unpaired) electrons. The molecule has 3 rings (SSSR count). The predicted octanol–water partition coefficient (Wildman–Crippen LogP) is 1.48. The summed E-state index contributed by atoms with van der Waals surface area (Å²) in [5.74, 6) is 0.552. The highest BCUT2D eigenvalue weighted by Gasteiger charge is 2.37. The summed E-state index contributed by atoms with van der Waals surface area (Å²) in [6.07, 6.45) is -0.576. The van der Waals surface area contributed by atoms with Crippen molar-refractivity contribution in [3.8, 4) is 0 Å². The van der Waals surface area contributed by atoms with Crippen molar-refractivity contribution in [2.45, 2.75) is 18.6 Å². The molecule has 2 aromatic rings. The molecule has 0 bridgehead atoms. The molecular weight excluding hydrogens is 284 g/mol. The summed E-state index contributed by atoms with van der Waals surface area (Å²) in [5.41, 5.74) is 1.63. The molecule has 2 heterocycles. The molecule has 116 valence electrons. The molecule has 1 amide bonds. The molecule has 1 aliphatic heterocycles. The lowest BCUT2D eigenvalue weighted by Gasteiger charge is -2.39. The molecule has 1 unspecified atom stereocenters. The first kappa shape index (κ1) is 14.7. The molecule has 6 nitrogen and oxygen atoms in total. The van der Waals surface area contributed by atoms with Gasteiger partial charge < -0.3 is 19.3 Å². The Labute approximate surface area is 128 Å². The van der Waals surface area contributed by atoms with Crippen molar-refractivity contribution in [2.75, 3.05) is 20.2 Å². The number of nitrogens with zero attached hydrogens (tertiary/aromatic N) is 2. The van der Waals surface area contributed by atoms with Gasteiger partial charge in [-0.2, -0.15) is 0 Å². The molecule has 1 N–H and O–H groups in total. The summed E-state index contributed by atoms with van der Waals surface area (Å²) in [6.45, 7) is 1.01. The van der Waals surface area contributed by atoms with Gasteiger partial charge in [-0.3, -0.25) is 4.79 Å². The predicted molar refractivity (Wildman–Crippen MR) is 77.9 cm³/mol. The van der Waals surface area contributed by atoms with Crippen LogP contribution in [0.25, 0.3) is 0 Å². The van der Waals surface area contributed by atoms with E-state index in [9.17, 15) is 4.79 Å². The highest BCUT2D eigenvalue weighted by Crippen LogP contribution is 2.30. The van der Waals surface area contributed by atoms with Gasteiger partial charge in [0.2, 0.25) is 0 Å². The van der Waals surface area contributed by atoms with Gasteiger partial charge in [0.25, 0.3) is 5.91 Å². The number of ether oxygens (including phenoxy) is 1. The highest BCUT2D eigenvalue weighted by atomic mass is 16.5. The number of carbonyl (C=O) groups excluding carboxylic acids is 1. The molecule has 1 saturated heterocycles. The van der Waals surface area contributed by atoms with E-state index in [4.69, 9.17) is 14.4 Å². The van der Waals surface area contributed by atoms with Crippen LogP contribution in [0.5, 0.6) is 0 Å². The van der Waals surface area contributed by atoms with Crippen molar-refractivity contribution in [1.29, 1.82) is 0 Å². The van der Waals surface area contributed by atoms with E-state index in [1.54, 1.807) is 11.0 Å². The Morgan fingerprint density at radius 3 is 2.77 bits per heavy atom. The molecule has 1 aliphatic rings. The van der Waals surface area contributed by atoms with Crippen LogP contribution in [0, 0.1) is 0 Å². The van der Waals surface area contributed by atoms with Gasteiger partial charge in [0.1, 0.15) is 6.61 Å². The van der Waals surface area contributed by atoms with Crippen molar-refractivity contribution < 1.29 is 19.2 Å². The molecule has 6 heteroatoms. The number of rotatable bonds is 5. The largest absolute Gasteiger partial charge is 0.388 e. The second-order valence-corrected chi connectivity index (χ2v) is 5.34. The van der Waals surface area contributed by atoms with Gasteiger partial charge in [0.05, 0.1) is 5.69 Å². The van der Waals surface area contributed by atoms with Gasteiger partial charge in [-0.15, -0.1) is 0 Å². The van der Waals surface area contributed by atoms with Crippen LogP contribution in [0.4, 0.5) is 0 Å². The van der Waals surface area contributed by atoms with Crippen LogP contribution in [0.2, 0.25) is 0 Å². The number of methoxy groups -OCH3 is 1. The van der Waals surface area contributed by atoms with Crippen LogP contribution in [0.15, 0.2) is 40.9 Å². The van der Waals surface area contributed by atoms with Gasteiger partial charge >= 0.3 is 0 Å². The van der Waals surface area contributed by atoms with Crippen molar-refractivity contribution in [2.24, 2.45) is 0 Å². The van der Waals surface area contributed by atoms with E-state index in [1.165, 1.54) is 7.11 Å². The molecule has 0 saturated carbocycles. The van der Waals surface area contributed by atoms with Crippen molar-refractivity contribution in [3.63, 3.8) is 0 Å². The average Bonchev–Trinajstić information content (AvgIpc) is 2.96. The lowest BCUT2D eigenvalue weighted by molar-refractivity contribution is -0.147. The first-order valence-corrected chi connectivity index (χ1v) is 7.15. The Kier molecular flexibility index (Phi) is 4.22. The maximum atomic E-state index is 12.5. The third-order valence-corrected chi connectivity index (χ3v) is 3.91. The molecule has 1 aromatic carbocycles. The molecule has 22 heavy (non-hydrogen) atoms. The number of carbonyl (C=O) groups is 1. The van der Waals surface area contributed by atoms with Gasteiger partial charge in [-0.25, -0.2) is 0 Å². The second-order valence-electron chi connectivity index (χ2n) is 5.34. The summed E-state index contributed by atoms with van der Waals surface area (Å²) in [6, 6.07) is 11.2. The number of aliphatic hydroxyl groups excluding tert-OH is 1. The lowest BCUT2D eigenvalue weighted by Crippen LogP contribution is -2.50. The topological polar surface area (TPSA) is 75.8 Å². The van der Waals surface area contributed by atoms with Crippen molar-refractivity contribution >= 4 is 5.91 Å². The summed E-state index contributed by atoms with van der Waals surface area (Å²) in [5, 5.41) is 12.9. The third kappa shape index (κ3) is 2.75. The number of aromatic nitrogens is 1. The van der Waals surface area contributed by atoms with Crippen LogP contribution >= 0.6 is 0 Å². The summed E-state index contributed by atoms with van der Waals surface area (Å²) < 4.78 is 10.3. The lowest BCUT2D eigenvalue weighted by atomic mass is 9.94. The van der Waals surface area contributed by atoms with Crippen LogP contribution in [-0.2, 0) is 16.1 Å². The first-order chi connectivity index (χ1) is 10.7. The second kappa shape index (κ2) is 6.29. The number of benzene rings is 1. The summed E-state index contributed by atoms with van der Waals surface area (Å²) >= 11 is 0. The van der Waals surface area contributed by atoms with Gasteiger partial charge in [-0.1, -0.05) is 35.5 Å². The number of hydrogen-bond donors (Lipinski definition) is 1. The average molecular weight is 302 g/mol. The minimum absolute atomic E-state index is 0.0455. The van der Waals surface area contributed by atoms with E-state index in [-0.39, 0.29) is 18.4 Å². The quantitative estimate of drug-likeness (QED) is 0.905.